The summed E-state index contributed by atoms with van der Waals surface area (Å²) < 4.78 is 2.05. The molecule has 1 amide bonds. The Morgan fingerprint density at radius 2 is 1.63 bits per heavy atom. The van der Waals surface area contributed by atoms with E-state index in [1.807, 2.05) is 79.9 Å². The van der Waals surface area contributed by atoms with Crippen LogP contribution in [0.1, 0.15) is 56.2 Å². The van der Waals surface area contributed by atoms with Crippen LogP contribution in [0.5, 0.6) is 0 Å². The largest absolute Gasteiger partial charge is 0.356 e. The molecule has 0 aliphatic rings. The molecule has 0 atom stereocenters. The van der Waals surface area contributed by atoms with Crippen LogP contribution in [0.4, 0.5) is 0 Å². The lowest BCUT2D eigenvalue weighted by Crippen LogP contribution is -2.35. The van der Waals surface area contributed by atoms with Crippen LogP contribution in [0, 0.1) is 5.41 Å². The number of aryl methyl sites for hydroxylation is 1. The minimum absolute atomic E-state index is 0.0868. The number of fused-ring (bicyclic) bond motifs is 1. The summed E-state index contributed by atoms with van der Waals surface area (Å²) in [5.41, 5.74) is 2.28. The maximum absolute atomic E-state index is 12.8. The number of benzene rings is 2. The summed E-state index contributed by atoms with van der Waals surface area (Å²) in [6.45, 7) is 6.75. The van der Waals surface area contributed by atoms with Gasteiger partial charge in [0.2, 0.25) is 5.91 Å². The van der Waals surface area contributed by atoms with E-state index in [1.54, 1.807) is 0 Å². The fourth-order valence-electron chi connectivity index (χ4n) is 3.40. The number of unbranched alkanes of at least 4 members (excludes halogenated alkanes) is 2. The second-order valence-corrected chi connectivity index (χ2v) is 8.71. The van der Waals surface area contributed by atoms with E-state index in [4.69, 9.17) is 4.98 Å². The third-order valence-electron chi connectivity index (χ3n) is 5.17. The molecular weight excluding hydrogens is 374 g/mol. The molecule has 0 aliphatic carbocycles. The van der Waals surface area contributed by atoms with E-state index in [2.05, 4.69) is 5.32 Å². The third kappa shape index (κ3) is 5.56. The van der Waals surface area contributed by atoms with Crippen LogP contribution in [-0.4, -0.2) is 27.8 Å². The van der Waals surface area contributed by atoms with Gasteiger partial charge in [0.25, 0.3) is 0 Å². The summed E-state index contributed by atoms with van der Waals surface area (Å²) in [5.74, 6) is 1.12. The molecule has 2 aromatic carbocycles. The van der Waals surface area contributed by atoms with Crippen molar-refractivity contribution in [1.82, 2.24) is 14.9 Å². The standard InChI is InChI=1S/C25H31N3O2/c1-25(2,3)24(30)26-17-11-5-8-16-23-27-20-14-9-10-15-21(20)28(23)18-22(29)19-12-6-4-7-13-19/h4,6-7,9-10,12-15H,5,8,11,16-18H2,1-3H3,(H,26,30). The highest BCUT2D eigenvalue weighted by Crippen LogP contribution is 2.19. The maximum atomic E-state index is 12.8. The first kappa shape index (κ1) is 21.8. The predicted molar refractivity (Wildman–Crippen MR) is 121 cm³/mol. The van der Waals surface area contributed by atoms with Gasteiger partial charge < -0.3 is 9.88 Å². The number of aromatic nitrogens is 2. The van der Waals surface area contributed by atoms with E-state index >= 15 is 0 Å². The number of ketones is 1. The van der Waals surface area contributed by atoms with Crippen LogP contribution in [0.2, 0.25) is 0 Å². The minimum atomic E-state index is -0.351. The molecule has 5 nitrogen and oxygen atoms in total. The number of hydrogen-bond acceptors (Lipinski definition) is 3. The Hall–Kier alpha value is -2.95. The van der Waals surface area contributed by atoms with Crippen LogP contribution in [0.25, 0.3) is 11.0 Å². The molecule has 0 unspecified atom stereocenters. The first-order chi connectivity index (χ1) is 14.4. The van der Waals surface area contributed by atoms with Crippen LogP contribution in [-0.2, 0) is 17.8 Å². The number of Topliss-reactive ketones (excluding diaryl/α,β-unsaturated/α-hetero) is 1. The van der Waals surface area contributed by atoms with E-state index in [9.17, 15) is 9.59 Å². The number of carbonyl (C=O) groups is 2. The second kappa shape index (κ2) is 9.70. The molecule has 0 radical (unpaired) electrons. The van der Waals surface area contributed by atoms with Gasteiger partial charge in [0, 0.05) is 23.9 Å². The molecular formula is C25H31N3O2. The zero-order valence-corrected chi connectivity index (χ0v) is 18.1. The number of rotatable bonds is 9. The van der Waals surface area contributed by atoms with Gasteiger partial charge in [-0.25, -0.2) is 4.98 Å². The minimum Gasteiger partial charge on any atom is -0.356 e. The summed E-state index contributed by atoms with van der Waals surface area (Å²) >= 11 is 0. The van der Waals surface area contributed by atoms with Crippen molar-refractivity contribution in [3.05, 3.63) is 66.0 Å². The Morgan fingerprint density at radius 1 is 0.933 bits per heavy atom. The maximum Gasteiger partial charge on any atom is 0.225 e. The Balaban J connectivity index is 1.61. The Kier molecular flexibility index (Phi) is 7.03. The van der Waals surface area contributed by atoms with Crippen molar-refractivity contribution in [2.45, 2.75) is 53.0 Å². The fraction of sp³-hybridized carbons (Fsp3) is 0.400. The molecule has 1 aromatic heterocycles. The highest BCUT2D eigenvalue weighted by molar-refractivity contribution is 5.96. The number of carbonyl (C=O) groups excluding carboxylic acids is 2. The Bertz CT molecular complexity index is 1000. The van der Waals surface area contributed by atoms with E-state index in [1.165, 1.54) is 0 Å². The Morgan fingerprint density at radius 3 is 2.37 bits per heavy atom. The lowest BCUT2D eigenvalue weighted by Gasteiger charge is -2.17. The summed E-state index contributed by atoms with van der Waals surface area (Å²) in [7, 11) is 0. The molecule has 0 aliphatic heterocycles. The lowest BCUT2D eigenvalue weighted by atomic mass is 9.96. The van der Waals surface area contributed by atoms with Crippen molar-refractivity contribution < 1.29 is 9.59 Å². The van der Waals surface area contributed by atoms with Crippen LogP contribution >= 0.6 is 0 Å². The van der Waals surface area contributed by atoms with Crippen molar-refractivity contribution in [3.8, 4) is 0 Å². The van der Waals surface area contributed by atoms with E-state index in [0.29, 0.717) is 13.1 Å². The molecule has 5 heteroatoms. The molecule has 0 fully saturated rings. The van der Waals surface area contributed by atoms with Gasteiger partial charge in [0.15, 0.2) is 5.78 Å². The van der Waals surface area contributed by atoms with Crippen LogP contribution in [0.15, 0.2) is 54.6 Å². The highest BCUT2D eigenvalue weighted by atomic mass is 16.2. The van der Waals surface area contributed by atoms with Gasteiger partial charge in [-0.1, -0.05) is 69.7 Å². The summed E-state index contributed by atoms with van der Waals surface area (Å²) in [4.78, 5) is 29.5. The summed E-state index contributed by atoms with van der Waals surface area (Å²) in [6, 6.07) is 17.4. The predicted octanol–water partition coefficient (Wildman–Crippen LogP) is 4.79. The average Bonchev–Trinajstić information content (AvgIpc) is 3.07. The molecule has 3 rings (SSSR count). The van der Waals surface area contributed by atoms with Gasteiger partial charge in [-0.15, -0.1) is 0 Å². The van der Waals surface area contributed by atoms with Gasteiger partial charge in [0.1, 0.15) is 5.82 Å². The number of para-hydroxylation sites is 2. The SMILES string of the molecule is CC(C)(C)C(=O)NCCCCCc1nc2ccccc2n1CC(=O)c1ccccc1. The van der Waals surface area contributed by atoms with E-state index in [-0.39, 0.29) is 17.1 Å². The number of nitrogens with zero attached hydrogens (tertiary/aromatic N) is 2. The van der Waals surface area contributed by atoms with Crippen molar-refractivity contribution in [1.29, 1.82) is 0 Å². The number of hydrogen-bond donors (Lipinski definition) is 1. The van der Waals surface area contributed by atoms with Crippen molar-refractivity contribution in [3.63, 3.8) is 0 Å². The molecule has 3 aromatic rings. The molecule has 1 heterocycles. The normalized spacial score (nSPS) is 11.6. The van der Waals surface area contributed by atoms with Gasteiger partial charge in [-0.3, -0.25) is 9.59 Å². The third-order valence-corrected chi connectivity index (χ3v) is 5.17. The molecule has 0 spiro atoms. The van der Waals surface area contributed by atoms with Crippen LogP contribution < -0.4 is 5.32 Å². The zero-order valence-electron chi connectivity index (χ0n) is 18.1. The van der Waals surface area contributed by atoms with Crippen molar-refractivity contribution >= 4 is 22.7 Å². The van der Waals surface area contributed by atoms with Crippen LogP contribution in [0.3, 0.4) is 0 Å². The average molecular weight is 406 g/mol. The van der Waals surface area contributed by atoms with E-state index < -0.39 is 0 Å². The zero-order chi connectivity index (χ0) is 21.6. The molecule has 1 N–H and O–H groups in total. The van der Waals surface area contributed by atoms with Gasteiger partial charge in [-0.05, 0) is 25.0 Å². The number of imidazole rings is 1. The molecule has 0 saturated carbocycles. The topological polar surface area (TPSA) is 64.0 Å². The summed E-state index contributed by atoms with van der Waals surface area (Å²) in [5, 5.41) is 2.99. The first-order valence-electron chi connectivity index (χ1n) is 10.7. The number of nitrogens with one attached hydrogen (secondary N) is 1. The molecule has 0 saturated heterocycles. The molecule has 30 heavy (non-hydrogen) atoms. The van der Waals surface area contributed by atoms with Gasteiger partial charge >= 0.3 is 0 Å². The van der Waals surface area contributed by atoms with Crippen molar-refractivity contribution in [2.75, 3.05) is 6.54 Å². The van der Waals surface area contributed by atoms with Gasteiger partial charge in [0.05, 0.1) is 17.6 Å². The monoisotopic (exact) mass is 405 g/mol. The molecule has 158 valence electrons. The lowest BCUT2D eigenvalue weighted by molar-refractivity contribution is -0.128. The smallest absolute Gasteiger partial charge is 0.225 e. The molecule has 0 bridgehead atoms. The summed E-state index contributed by atoms with van der Waals surface area (Å²) in [6.07, 6.45) is 3.71. The first-order valence-corrected chi connectivity index (χ1v) is 10.7. The van der Waals surface area contributed by atoms with E-state index in [0.717, 1.165) is 48.1 Å². The second-order valence-electron chi connectivity index (χ2n) is 8.71. The highest BCUT2D eigenvalue weighted by Gasteiger charge is 2.20. The Labute approximate surface area is 178 Å². The quantitative estimate of drug-likeness (QED) is 0.411. The van der Waals surface area contributed by atoms with Crippen molar-refractivity contribution in [2.24, 2.45) is 5.41 Å². The fourth-order valence-corrected chi connectivity index (χ4v) is 3.40. The van der Waals surface area contributed by atoms with Gasteiger partial charge in [-0.2, -0.15) is 0 Å². The number of amides is 1.